The zero-order valence-corrected chi connectivity index (χ0v) is 19.0. The fraction of sp³-hybridized carbons (Fsp3) is 0.400. The number of fused-ring (bicyclic) bond motifs is 1. The number of nitrogens with one attached hydrogen (secondary N) is 1. The molecule has 0 saturated carbocycles. The topological polar surface area (TPSA) is 64.1 Å². The molecular weight excluding hydrogens is 393 g/mol. The first-order valence-corrected chi connectivity index (χ1v) is 10.9. The summed E-state index contributed by atoms with van der Waals surface area (Å²) in [5.74, 6) is 1.45. The van der Waals surface area contributed by atoms with Crippen LogP contribution in [0.3, 0.4) is 0 Å². The Morgan fingerprint density at radius 2 is 1.81 bits per heavy atom. The Morgan fingerprint density at radius 1 is 1.10 bits per heavy atom. The summed E-state index contributed by atoms with van der Waals surface area (Å²) in [7, 11) is 1.58. The molecule has 0 aliphatic rings. The smallest absolute Gasteiger partial charge is 0.145 e. The minimum atomic E-state index is -0.331. The van der Waals surface area contributed by atoms with E-state index in [1.807, 2.05) is 26.0 Å². The highest BCUT2D eigenvalue weighted by atomic mass is 19.1. The van der Waals surface area contributed by atoms with Crippen LogP contribution in [0.25, 0.3) is 22.0 Å². The Kier molecular flexibility index (Phi) is 9.38. The number of hydrogen-bond donors (Lipinski definition) is 1. The quantitative estimate of drug-likeness (QED) is 0.409. The summed E-state index contributed by atoms with van der Waals surface area (Å²) >= 11 is 0. The molecule has 0 radical (unpaired) electrons. The van der Waals surface area contributed by atoms with Crippen molar-refractivity contribution in [3.05, 3.63) is 48.5 Å². The SMILES string of the molecule is CC.CCC(C)CCC(C=O)Nc1ncnc2c(OC)cc(-c3ccc(F)cc3)cc12. The maximum atomic E-state index is 13.3. The second-order valence-electron chi connectivity index (χ2n) is 7.28. The Labute approximate surface area is 184 Å². The lowest BCUT2D eigenvalue weighted by Gasteiger charge is -2.17. The molecule has 1 N–H and O–H groups in total. The molecule has 0 saturated heterocycles. The third kappa shape index (κ3) is 6.23. The molecule has 0 spiro atoms. The molecule has 166 valence electrons. The average Bonchev–Trinajstić information content (AvgIpc) is 2.82. The van der Waals surface area contributed by atoms with Gasteiger partial charge in [-0.2, -0.15) is 0 Å². The van der Waals surface area contributed by atoms with E-state index in [0.29, 0.717) is 23.0 Å². The normalized spacial score (nSPS) is 12.5. The maximum absolute atomic E-state index is 13.3. The van der Waals surface area contributed by atoms with Crippen molar-refractivity contribution in [3.8, 4) is 16.9 Å². The van der Waals surface area contributed by atoms with Crippen LogP contribution in [0.2, 0.25) is 0 Å². The molecule has 0 aliphatic carbocycles. The molecule has 0 amide bonds. The predicted molar refractivity (Wildman–Crippen MR) is 125 cm³/mol. The number of anilines is 1. The van der Waals surface area contributed by atoms with Gasteiger partial charge in [-0.3, -0.25) is 0 Å². The molecule has 2 atom stereocenters. The van der Waals surface area contributed by atoms with Crippen LogP contribution in [0.1, 0.15) is 47.0 Å². The fourth-order valence-corrected chi connectivity index (χ4v) is 3.23. The van der Waals surface area contributed by atoms with Gasteiger partial charge in [0.25, 0.3) is 0 Å². The average molecular weight is 426 g/mol. The van der Waals surface area contributed by atoms with Crippen LogP contribution in [0, 0.1) is 11.7 Å². The van der Waals surface area contributed by atoms with E-state index in [-0.39, 0.29) is 11.9 Å². The molecule has 31 heavy (non-hydrogen) atoms. The third-order valence-corrected chi connectivity index (χ3v) is 5.25. The van der Waals surface area contributed by atoms with E-state index in [0.717, 1.165) is 42.1 Å². The summed E-state index contributed by atoms with van der Waals surface area (Å²) < 4.78 is 18.8. The molecule has 0 fully saturated rings. The molecule has 0 aliphatic heterocycles. The van der Waals surface area contributed by atoms with Crippen molar-refractivity contribution >= 4 is 23.0 Å². The molecule has 5 nitrogen and oxygen atoms in total. The van der Waals surface area contributed by atoms with Gasteiger partial charge in [-0.15, -0.1) is 0 Å². The van der Waals surface area contributed by atoms with Crippen molar-refractivity contribution in [2.45, 2.75) is 53.0 Å². The maximum Gasteiger partial charge on any atom is 0.145 e. The van der Waals surface area contributed by atoms with E-state index in [1.54, 1.807) is 19.2 Å². The molecular formula is C25H32FN3O2. The second kappa shape index (κ2) is 12.0. The van der Waals surface area contributed by atoms with E-state index in [4.69, 9.17) is 4.74 Å². The third-order valence-electron chi connectivity index (χ3n) is 5.25. The lowest BCUT2D eigenvalue weighted by molar-refractivity contribution is -0.108. The summed E-state index contributed by atoms with van der Waals surface area (Å²) in [6.07, 6.45) is 5.16. The minimum Gasteiger partial charge on any atom is -0.494 e. The number of halogens is 1. The molecule has 6 heteroatoms. The summed E-state index contributed by atoms with van der Waals surface area (Å²) in [5.41, 5.74) is 2.36. The van der Waals surface area contributed by atoms with Gasteiger partial charge in [0, 0.05) is 5.39 Å². The van der Waals surface area contributed by atoms with Gasteiger partial charge >= 0.3 is 0 Å². The summed E-state index contributed by atoms with van der Waals surface area (Å²) in [4.78, 5) is 20.4. The molecule has 3 aromatic rings. The van der Waals surface area contributed by atoms with E-state index < -0.39 is 0 Å². The lowest BCUT2D eigenvalue weighted by Crippen LogP contribution is -2.22. The van der Waals surface area contributed by atoms with Gasteiger partial charge in [0.2, 0.25) is 0 Å². The number of carbonyl (C=O) groups excluding carboxylic acids is 1. The minimum absolute atomic E-state index is 0.290. The van der Waals surface area contributed by atoms with Gasteiger partial charge < -0.3 is 14.8 Å². The van der Waals surface area contributed by atoms with Crippen molar-refractivity contribution in [1.82, 2.24) is 9.97 Å². The Balaban J connectivity index is 0.00000166. The Hall–Kier alpha value is -3.02. The Bertz CT molecular complexity index is 976. The van der Waals surface area contributed by atoms with Crippen LogP contribution in [0.5, 0.6) is 5.75 Å². The monoisotopic (exact) mass is 425 g/mol. The van der Waals surface area contributed by atoms with E-state index >= 15 is 0 Å². The zero-order valence-electron chi connectivity index (χ0n) is 19.0. The van der Waals surface area contributed by atoms with Crippen LogP contribution >= 0.6 is 0 Å². The Morgan fingerprint density at radius 3 is 2.42 bits per heavy atom. The fourth-order valence-electron chi connectivity index (χ4n) is 3.23. The standard InChI is InChI=1S/C23H26FN3O2.C2H6/c1-4-15(2)5-10-19(13-28)27-23-20-11-17(16-6-8-18(24)9-7-16)12-21(29-3)22(20)25-14-26-23;1-2/h6-9,11-15,19H,4-5,10H2,1-3H3,(H,25,26,27);1-2H3. The molecule has 2 unspecified atom stereocenters. The number of aromatic nitrogens is 2. The number of methoxy groups -OCH3 is 1. The highest BCUT2D eigenvalue weighted by Crippen LogP contribution is 2.34. The summed E-state index contributed by atoms with van der Waals surface area (Å²) in [5, 5.41) is 4.01. The molecule has 1 heterocycles. The lowest BCUT2D eigenvalue weighted by atomic mass is 9.99. The van der Waals surface area contributed by atoms with Crippen LogP contribution < -0.4 is 10.1 Å². The first kappa shape index (κ1) is 24.3. The summed E-state index contributed by atoms with van der Waals surface area (Å²) in [6, 6.07) is 9.74. The van der Waals surface area contributed by atoms with E-state index in [1.165, 1.54) is 18.5 Å². The van der Waals surface area contributed by atoms with Gasteiger partial charge in [-0.25, -0.2) is 14.4 Å². The van der Waals surface area contributed by atoms with Crippen LogP contribution in [-0.4, -0.2) is 29.4 Å². The van der Waals surface area contributed by atoms with E-state index in [2.05, 4.69) is 29.1 Å². The number of benzene rings is 2. The van der Waals surface area contributed by atoms with Crippen molar-refractivity contribution in [1.29, 1.82) is 0 Å². The van der Waals surface area contributed by atoms with E-state index in [9.17, 15) is 9.18 Å². The number of carbonyl (C=O) groups is 1. The van der Waals surface area contributed by atoms with Crippen molar-refractivity contribution in [2.24, 2.45) is 5.92 Å². The van der Waals surface area contributed by atoms with Gasteiger partial charge in [-0.05, 0) is 54.2 Å². The van der Waals surface area contributed by atoms with Gasteiger partial charge in [0.15, 0.2) is 0 Å². The zero-order chi connectivity index (χ0) is 22.8. The first-order valence-electron chi connectivity index (χ1n) is 10.9. The summed E-state index contributed by atoms with van der Waals surface area (Å²) in [6.45, 7) is 8.33. The molecule has 1 aromatic heterocycles. The highest BCUT2D eigenvalue weighted by Gasteiger charge is 2.15. The molecule has 0 bridgehead atoms. The highest BCUT2D eigenvalue weighted by molar-refractivity contribution is 5.97. The number of hydrogen-bond acceptors (Lipinski definition) is 5. The second-order valence-corrected chi connectivity index (χ2v) is 7.28. The number of ether oxygens (including phenoxy) is 1. The first-order chi connectivity index (χ1) is 15.0. The van der Waals surface area contributed by atoms with Gasteiger partial charge in [0.1, 0.15) is 35.5 Å². The number of nitrogens with zero attached hydrogens (tertiary/aromatic N) is 2. The van der Waals surface area contributed by atoms with Crippen molar-refractivity contribution in [3.63, 3.8) is 0 Å². The van der Waals surface area contributed by atoms with Crippen LogP contribution in [0.4, 0.5) is 10.2 Å². The predicted octanol–water partition coefficient (Wildman–Crippen LogP) is 6.28. The van der Waals surface area contributed by atoms with Crippen LogP contribution in [-0.2, 0) is 4.79 Å². The number of rotatable bonds is 9. The van der Waals surface area contributed by atoms with Crippen molar-refractivity contribution in [2.75, 3.05) is 12.4 Å². The largest absolute Gasteiger partial charge is 0.494 e. The van der Waals surface area contributed by atoms with Gasteiger partial charge in [0.05, 0.1) is 13.2 Å². The van der Waals surface area contributed by atoms with Crippen LogP contribution in [0.15, 0.2) is 42.7 Å². The number of aldehydes is 1. The van der Waals surface area contributed by atoms with Gasteiger partial charge in [-0.1, -0.05) is 46.2 Å². The molecule has 2 aromatic carbocycles. The molecule has 3 rings (SSSR count). The van der Waals surface area contributed by atoms with Crippen molar-refractivity contribution < 1.29 is 13.9 Å².